The van der Waals surface area contributed by atoms with E-state index in [2.05, 4.69) is 24.4 Å². The van der Waals surface area contributed by atoms with Crippen LogP contribution in [0.25, 0.3) is 0 Å². The molecule has 0 saturated heterocycles. The summed E-state index contributed by atoms with van der Waals surface area (Å²) in [5.74, 6) is 0.927. The van der Waals surface area contributed by atoms with E-state index in [0.717, 1.165) is 5.75 Å². The molecule has 102 valence electrons. The Labute approximate surface area is 112 Å². The lowest BCUT2D eigenvalue weighted by atomic mass is 10.00. The van der Waals surface area contributed by atoms with Crippen molar-refractivity contribution in [3.8, 4) is 5.75 Å². The van der Waals surface area contributed by atoms with Crippen molar-refractivity contribution in [2.45, 2.75) is 51.5 Å². The molecule has 1 aromatic rings. The smallest absolute Gasteiger partial charge is 0.118 e. The molecule has 0 amide bonds. The molecule has 0 radical (unpaired) electrons. The van der Waals surface area contributed by atoms with Crippen LogP contribution in [0.4, 0.5) is 0 Å². The lowest BCUT2D eigenvalue weighted by Crippen LogP contribution is -2.16. The van der Waals surface area contributed by atoms with Gasteiger partial charge in [-0.15, -0.1) is 0 Å². The van der Waals surface area contributed by atoms with Gasteiger partial charge in [-0.05, 0) is 31.2 Å². The third-order valence-corrected chi connectivity index (χ3v) is 3.46. The highest BCUT2D eigenvalue weighted by molar-refractivity contribution is 5.29. The fourth-order valence-corrected chi connectivity index (χ4v) is 2.27. The van der Waals surface area contributed by atoms with Crippen molar-refractivity contribution in [1.29, 1.82) is 0 Å². The van der Waals surface area contributed by atoms with E-state index < -0.39 is 0 Å². The van der Waals surface area contributed by atoms with Gasteiger partial charge >= 0.3 is 0 Å². The lowest BCUT2D eigenvalue weighted by Gasteiger charge is -2.17. The van der Waals surface area contributed by atoms with Crippen LogP contribution in [0.5, 0.6) is 5.75 Å². The van der Waals surface area contributed by atoms with E-state index in [9.17, 15) is 0 Å². The summed E-state index contributed by atoms with van der Waals surface area (Å²) in [6, 6.07) is 8.86. The Hall–Kier alpha value is -1.02. The average Bonchev–Trinajstić information content (AvgIpc) is 2.43. The topological polar surface area (TPSA) is 21.3 Å². The number of unbranched alkanes of at least 4 members (excludes halogenated alkanes) is 4. The number of nitrogens with one attached hydrogen (secondary N) is 1. The van der Waals surface area contributed by atoms with E-state index in [1.165, 1.54) is 44.1 Å². The van der Waals surface area contributed by atoms with Crippen LogP contribution < -0.4 is 10.1 Å². The van der Waals surface area contributed by atoms with Gasteiger partial charge in [0.2, 0.25) is 0 Å². The Morgan fingerprint density at radius 2 is 1.72 bits per heavy atom. The second-order valence-corrected chi connectivity index (χ2v) is 4.82. The lowest BCUT2D eigenvalue weighted by molar-refractivity contribution is 0.414. The highest BCUT2D eigenvalue weighted by atomic mass is 16.5. The van der Waals surface area contributed by atoms with Gasteiger partial charge in [-0.3, -0.25) is 0 Å². The molecule has 18 heavy (non-hydrogen) atoms. The van der Waals surface area contributed by atoms with Gasteiger partial charge in [0.05, 0.1) is 7.11 Å². The first-order valence-corrected chi connectivity index (χ1v) is 7.13. The summed E-state index contributed by atoms with van der Waals surface area (Å²) in [7, 11) is 3.75. The van der Waals surface area contributed by atoms with Gasteiger partial charge in [0.25, 0.3) is 0 Å². The summed E-state index contributed by atoms with van der Waals surface area (Å²) >= 11 is 0. The van der Waals surface area contributed by atoms with Gasteiger partial charge in [-0.2, -0.15) is 0 Å². The molecule has 0 aliphatic rings. The van der Waals surface area contributed by atoms with Crippen molar-refractivity contribution in [1.82, 2.24) is 5.32 Å². The van der Waals surface area contributed by atoms with E-state index in [-0.39, 0.29) is 0 Å². The number of methoxy groups -OCH3 is 1. The van der Waals surface area contributed by atoms with Gasteiger partial charge < -0.3 is 10.1 Å². The normalized spacial score (nSPS) is 12.4. The van der Waals surface area contributed by atoms with Crippen LogP contribution in [0, 0.1) is 0 Å². The van der Waals surface area contributed by atoms with Gasteiger partial charge in [0.1, 0.15) is 5.75 Å². The van der Waals surface area contributed by atoms with Crippen LogP contribution in [0.15, 0.2) is 24.3 Å². The molecule has 0 spiro atoms. The van der Waals surface area contributed by atoms with Crippen molar-refractivity contribution in [2.75, 3.05) is 14.2 Å². The molecule has 2 nitrogen and oxygen atoms in total. The number of ether oxygens (including phenoxy) is 1. The van der Waals surface area contributed by atoms with Crippen LogP contribution in [0.1, 0.15) is 57.1 Å². The van der Waals surface area contributed by atoms with Crippen LogP contribution in [0.3, 0.4) is 0 Å². The van der Waals surface area contributed by atoms with Crippen molar-refractivity contribution in [3.63, 3.8) is 0 Å². The Balaban J connectivity index is 2.39. The van der Waals surface area contributed by atoms with E-state index in [4.69, 9.17) is 4.74 Å². The van der Waals surface area contributed by atoms with Crippen LogP contribution in [-0.2, 0) is 0 Å². The molecule has 1 rings (SSSR count). The maximum Gasteiger partial charge on any atom is 0.118 e. The first-order valence-electron chi connectivity index (χ1n) is 7.13. The monoisotopic (exact) mass is 249 g/mol. The summed E-state index contributed by atoms with van der Waals surface area (Å²) in [6.07, 6.45) is 7.92. The SMILES string of the molecule is CCCCCCCC(NC)c1ccc(OC)cc1. The highest BCUT2D eigenvalue weighted by Gasteiger charge is 2.08. The first-order chi connectivity index (χ1) is 8.81. The Kier molecular flexibility index (Phi) is 7.51. The molecule has 0 aromatic heterocycles. The molecule has 1 N–H and O–H groups in total. The Morgan fingerprint density at radius 3 is 2.28 bits per heavy atom. The number of hydrogen-bond donors (Lipinski definition) is 1. The standard InChI is InChI=1S/C16H27NO/c1-4-5-6-7-8-9-16(17-2)14-10-12-15(18-3)13-11-14/h10-13,16-17H,4-9H2,1-3H3. The van der Waals surface area contributed by atoms with Crippen molar-refractivity contribution in [3.05, 3.63) is 29.8 Å². The fourth-order valence-electron chi connectivity index (χ4n) is 2.27. The largest absolute Gasteiger partial charge is 0.497 e. The van der Waals surface area contributed by atoms with E-state index in [0.29, 0.717) is 6.04 Å². The molecule has 1 atom stereocenters. The summed E-state index contributed by atoms with van der Waals surface area (Å²) in [5, 5.41) is 3.41. The maximum atomic E-state index is 5.19. The Morgan fingerprint density at radius 1 is 1.06 bits per heavy atom. The summed E-state index contributed by atoms with van der Waals surface area (Å²) in [5.41, 5.74) is 1.36. The number of rotatable bonds is 9. The molecule has 1 unspecified atom stereocenters. The molecular weight excluding hydrogens is 222 g/mol. The predicted octanol–water partition coefficient (Wildman–Crippen LogP) is 4.32. The predicted molar refractivity (Wildman–Crippen MR) is 78.2 cm³/mol. The summed E-state index contributed by atoms with van der Waals surface area (Å²) in [6.45, 7) is 2.26. The molecule has 0 aliphatic carbocycles. The third-order valence-electron chi connectivity index (χ3n) is 3.46. The zero-order valence-corrected chi connectivity index (χ0v) is 12.0. The molecule has 1 aromatic carbocycles. The maximum absolute atomic E-state index is 5.19. The highest BCUT2D eigenvalue weighted by Crippen LogP contribution is 2.22. The van der Waals surface area contributed by atoms with E-state index in [1.54, 1.807) is 7.11 Å². The zero-order chi connectivity index (χ0) is 13.2. The fraction of sp³-hybridized carbons (Fsp3) is 0.625. The Bertz CT molecular complexity index is 307. The van der Waals surface area contributed by atoms with Crippen LogP contribution in [0.2, 0.25) is 0 Å². The summed E-state index contributed by atoms with van der Waals surface area (Å²) in [4.78, 5) is 0. The minimum Gasteiger partial charge on any atom is -0.497 e. The molecule has 0 heterocycles. The van der Waals surface area contributed by atoms with E-state index in [1.807, 2.05) is 19.2 Å². The molecule has 2 heteroatoms. The quantitative estimate of drug-likeness (QED) is 0.658. The molecule has 0 saturated carbocycles. The first kappa shape index (κ1) is 15.0. The number of benzene rings is 1. The number of hydrogen-bond acceptors (Lipinski definition) is 2. The minimum absolute atomic E-state index is 0.470. The van der Waals surface area contributed by atoms with Crippen molar-refractivity contribution in [2.24, 2.45) is 0 Å². The van der Waals surface area contributed by atoms with Gasteiger partial charge in [-0.25, -0.2) is 0 Å². The van der Waals surface area contributed by atoms with E-state index >= 15 is 0 Å². The van der Waals surface area contributed by atoms with Crippen molar-refractivity contribution < 1.29 is 4.74 Å². The molecular formula is C16H27NO. The second-order valence-electron chi connectivity index (χ2n) is 4.82. The van der Waals surface area contributed by atoms with Gasteiger partial charge in [0.15, 0.2) is 0 Å². The minimum atomic E-state index is 0.470. The molecule has 0 fully saturated rings. The van der Waals surface area contributed by atoms with Crippen molar-refractivity contribution >= 4 is 0 Å². The average molecular weight is 249 g/mol. The molecule has 0 aliphatic heterocycles. The third kappa shape index (κ3) is 5.09. The zero-order valence-electron chi connectivity index (χ0n) is 12.0. The molecule has 0 bridgehead atoms. The summed E-state index contributed by atoms with van der Waals surface area (Å²) < 4.78 is 5.19. The van der Waals surface area contributed by atoms with Gasteiger partial charge in [-0.1, -0.05) is 51.2 Å². The van der Waals surface area contributed by atoms with Gasteiger partial charge in [0, 0.05) is 6.04 Å². The van der Waals surface area contributed by atoms with Crippen LogP contribution >= 0.6 is 0 Å². The van der Waals surface area contributed by atoms with Crippen LogP contribution in [-0.4, -0.2) is 14.2 Å². The second kappa shape index (κ2) is 8.98.